The summed E-state index contributed by atoms with van der Waals surface area (Å²) in [6.07, 6.45) is 0. The second-order valence-electron chi connectivity index (χ2n) is 2.52. The minimum Gasteiger partial charge on any atom is -0.387 e. The molecule has 0 fully saturated rings. The lowest BCUT2D eigenvalue weighted by molar-refractivity contribution is -0.391. The lowest BCUT2D eigenvalue weighted by atomic mass is 10.2. The van der Waals surface area contributed by atoms with E-state index in [0.717, 1.165) is 12.1 Å². The van der Waals surface area contributed by atoms with Gasteiger partial charge in [-0.1, -0.05) is 0 Å². The van der Waals surface area contributed by atoms with Crippen molar-refractivity contribution in [2.45, 2.75) is 0 Å². The van der Waals surface area contributed by atoms with E-state index in [9.17, 15) is 20.2 Å². The zero-order valence-electron chi connectivity index (χ0n) is 7.21. The number of hydrogen-bond acceptors (Lipinski definition) is 7. The van der Waals surface area contributed by atoms with Crippen LogP contribution in [0.3, 0.4) is 0 Å². The minimum atomic E-state index is -0.916. The van der Waals surface area contributed by atoms with Gasteiger partial charge in [-0.15, -0.1) is 0 Å². The van der Waals surface area contributed by atoms with Crippen molar-refractivity contribution >= 4 is 22.7 Å². The largest absolute Gasteiger partial charge is 0.387 e. The van der Waals surface area contributed by atoms with Crippen molar-refractivity contribution in [3.05, 3.63) is 32.4 Å². The highest BCUT2D eigenvalue weighted by Gasteiger charge is 2.26. The Kier molecular flexibility index (Phi) is 2.67. The number of nitrogens with two attached hydrogens (primary N) is 1. The van der Waals surface area contributed by atoms with Crippen molar-refractivity contribution < 1.29 is 15.1 Å². The fourth-order valence-electron chi connectivity index (χ4n) is 1.04. The molecule has 0 unspecified atom stereocenters. The van der Waals surface area contributed by atoms with Gasteiger partial charge in [0.15, 0.2) is 5.69 Å². The topological polar surface area (TPSA) is 145 Å². The number of anilines is 2. The van der Waals surface area contributed by atoms with Crippen molar-refractivity contribution in [1.29, 1.82) is 0 Å². The fourth-order valence-corrected chi connectivity index (χ4v) is 1.04. The zero-order valence-corrected chi connectivity index (χ0v) is 7.21. The quantitative estimate of drug-likeness (QED) is 0.384. The number of nitrogens with zero attached hydrogens (tertiary/aromatic N) is 2. The Hall–Kier alpha value is -2.42. The molecule has 80 valence electrons. The summed E-state index contributed by atoms with van der Waals surface area (Å²) in [5.41, 5.74) is 4.54. The molecule has 1 aromatic rings. The average molecular weight is 214 g/mol. The Morgan fingerprint density at radius 3 is 2.27 bits per heavy atom. The number of benzene rings is 1. The first kappa shape index (κ1) is 10.7. The molecule has 0 spiro atoms. The molecule has 9 nitrogen and oxygen atoms in total. The van der Waals surface area contributed by atoms with Crippen molar-refractivity contribution in [2.24, 2.45) is 0 Å². The van der Waals surface area contributed by atoms with Crippen molar-refractivity contribution in [1.82, 2.24) is 0 Å². The maximum atomic E-state index is 10.5. The molecule has 0 amide bonds. The van der Waals surface area contributed by atoms with Gasteiger partial charge in [0.2, 0.25) is 0 Å². The first-order valence-electron chi connectivity index (χ1n) is 3.60. The molecular formula is C6H6N4O5. The molecule has 0 aliphatic carbocycles. The van der Waals surface area contributed by atoms with E-state index in [1.54, 1.807) is 0 Å². The normalized spacial score (nSPS) is 9.67. The van der Waals surface area contributed by atoms with E-state index >= 15 is 0 Å². The molecule has 15 heavy (non-hydrogen) atoms. The number of rotatable bonds is 3. The van der Waals surface area contributed by atoms with Crippen LogP contribution in [-0.4, -0.2) is 15.1 Å². The van der Waals surface area contributed by atoms with Gasteiger partial charge in [-0.2, -0.15) is 0 Å². The van der Waals surface area contributed by atoms with E-state index in [4.69, 9.17) is 10.9 Å². The third-order valence-electron chi connectivity index (χ3n) is 1.69. The molecular weight excluding hydrogens is 208 g/mol. The molecule has 0 heterocycles. The highest BCUT2D eigenvalue weighted by molar-refractivity contribution is 5.81. The van der Waals surface area contributed by atoms with Crippen LogP contribution < -0.4 is 11.2 Å². The van der Waals surface area contributed by atoms with Crippen LogP contribution >= 0.6 is 0 Å². The van der Waals surface area contributed by atoms with Crippen LogP contribution in [0.25, 0.3) is 0 Å². The van der Waals surface area contributed by atoms with E-state index in [2.05, 4.69) is 0 Å². The lowest BCUT2D eigenvalue weighted by Crippen LogP contribution is -2.04. The maximum Gasteiger partial charge on any atom is 0.324 e. The Morgan fingerprint density at radius 1 is 1.27 bits per heavy atom. The predicted molar refractivity (Wildman–Crippen MR) is 49.6 cm³/mol. The van der Waals surface area contributed by atoms with Gasteiger partial charge in [-0.05, 0) is 6.07 Å². The summed E-state index contributed by atoms with van der Waals surface area (Å²) in [6.45, 7) is 0. The van der Waals surface area contributed by atoms with Gasteiger partial charge in [0.05, 0.1) is 9.85 Å². The van der Waals surface area contributed by atoms with E-state index in [1.807, 2.05) is 0 Å². The van der Waals surface area contributed by atoms with Crippen LogP contribution in [0.4, 0.5) is 22.7 Å². The first-order valence-corrected chi connectivity index (χ1v) is 3.60. The van der Waals surface area contributed by atoms with Gasteiger partial charge in [0.25, 0.3) is 5.69 Å². The summed E-state index contributed by atoms with van der Waals surface area (Å²) in [5, 5.41) is 29.5. The molecule has 9 heteroatoms. The van der Waals surface area contributed by atoms with Crippen molar-refractivity contribution in [3.63, 3.8) is 0 Å². The number of nitrogen functional groups attached to an aromatic ring is 1. The molecule has 0 saturated heterocycles. The van der Waals surface area contributed by atoms with Crippen LogP contribution in [0.5, 0.6) is 0 Å². The Balaban J connectivity index is 3.49. The predicted octanol–water partition coefficient (Wildman–Crippen LogP) is 0.886. The van der Waals surface area contributed by atoms with Crippen molar-refractivity contribution in [3.8, 4) is 0 Å². The van der Waals surface area contributed by atoms with Gasteiger partial charge in [0, 0.05) is 6.07 Å². The van der Waals surface area contributed by atoms with Gasteiger partial charge in [-0.25, -0.2) is 0 Å². The average Bonchev–Trinajstić information content (AvgIpc) is 2.15. The highest BCUT2D eigenvalue weighted by Crippen LogP contribution is 2.37. The molecule has 0 radical (unpaired) electrons. The number of nitro benzene ring substituents is 2. The molecule has 1 aromatic carbocycles. The van der Waals surface area contributed by atoms with Gasteiger partial charge in [0.1, 0.15) is 5.69 Å². The molecule has 0 saturated carbocycles. The standard InChI is InChI=1S/C6H6N4O5/c7-5-4(9(12)13)2-1-3(8-11)6(5)10(14)15/h1-2,8,11H,7H2. The van der Waals surface area contributed by atoms with E-state index < -0.39 is 26.9 Å². The van der Waals surface area contributed by atoms with Gasteiger partial charge < -0.3 is 5.73 Å². The second-order valence-corrected chi connectivity index (χ2v) is 2.52. The van der Waals surface area contributed by atoms with Gasteiger partial charge in [-0.3, -0.25) is 30.9 Å². The highest BCUT2D eigenvalue weighted by atomic mass is 16.6. The summed E-state index contributed by atoms with van der Waals surface area (Å²) in [7, 11) is 0. The molecule has 4 N–H and O–H groups in total. The molecule has 0 aromatic heterocycles. The monoisotopic (exact) mass is 214 g/mol. The van der Waals surface area contributed by atoms with Gasteiger partial charge >= 0.3 is 5.69 Å². The third kappa shape index (κ3) is 1.76. The number of hydrogen-bond donors (Lipinski definition) is 3. The number of nitro groups is 2. The Labute approximate surface area is 82.4 Å². The molecule has 0 aliphatic rings. The van der Waals surface area contributed by atoms with Crippen LogP contribution in [0.1, 0.15) is 0 Å². The first-order chi connectivity index (χ1) is 6.99. The minimum absolute atomic E-state index is 0.303. The Morgan fingerprint density at radius 2 is 1.87 bits per heavy atom. The van der Waals surface area contributed by atoms with E-state index in [0.29, 0.717) is 0 Å². The summed E-state index contributed by atoms with van der Waals surface area (Å²) >= 11 is 0. The fraction of sp³-hybridized carbons (Fsp3) is 0. The number of nitrogens with one attached hydrogen (secondary N) is 1. The summed E-state index contributed by atoms with van der Waals surface area (Å²) in [5.74, 6) is 0. The smallest absolute Gasteiger partial charge is 0.324 e. The van der Waals surface area contributed by atoms with Crippen LogP contribution in [0, 0.1) is 20.2 Å². The molecule has 0 atom stereocenters. The van der Waals surface area contributed by atoms with Crippen LogP contribution in [0.15, 0.2) is 12.1 Å². The summed E-state index contributed by atoms with van der Waals surface area (Å²) < 4.78 is 0. The maximum absolute atomic E-state index is 10.5. The lowest BCUT2D eigenvalue weighted by Gasteiger charge is -2.03. The molecule has 0 aliphatic heterocycles. The summed E-state index contributed by atoms with van der Waals surface area (Å²) in [4.78, 5) is 19.2. The third-order valence-corrected chi connectivity index (χ3v) is 1.69. The van der Waals surface area contributed by atoms with Crippen LogP contribution in [0.2, 0.25) is 0 Å². The Bertz CT molecular complexity index is 432. The van der Waals surface area contributed by atoms with Crippen molar-refractivity contribution in [2.75, 3.05) is 11.2 Å². The summed E-state index contributed by atoms with van der Waals surface area (Å²) in [6, 6.07) is 1.95. The molecule has 1 rings (SSSR count). The SMILES string of the molecule is Nc1c([N+](=O)[O-])ccc(NO)c1[N+](=O)[O-]. The van der Waals surface area contributed by atoms with E-state index in [-0.39, 0.29) is 5.69 Å². The molecule has 0 bridgehead atoms. The van der Waals surface area contributed by atoms with Crippen LogP contribution in [-0.2, 0) is 0 Å². The van der Waals surface area contributed by atoms with E-state index in [1.165, 1.54) is 5.48 Å². The second kappa shape index (κ2) is 3.75. The zero-order chi connectivity index (χ0) is 11.6.